The van der Waals surface area contributed by atoms with Crippen molar-refractivity contribution < 1.29 is 0 Å². The Morgan fingerprint density at radius 3 is 1.95 bits per heavy atom. The van der Waals surface area contributed by atoms with Gasteiger partial charge in [0.1, 0.15) is 5.01 Å². The number of benzene rings is 2. The molecule has 0 aliphatic rings. The van der Waals surface area contributed by atoms with Crippen LogP contribution in [0.5, 0.6) is 0 Å². The van der Waals surface area contributed by atoms with E-state index in [0.717, 1.165) is 11.4 Å². The predicted octanol–water partition coefficient (Wildman–Crippen LogP) is 5.04. The molecule has 1 heterocycles. The van der Waals surface area contributed by atoms with E-state index in [1.807, 2.05) is 11.6 Å². The van der Waals surface area contributed by atoms with Gasteiger partial charge in [-0.05, 0) is 23.1 Å². The van der Waals surface area contributed by atoms with Crippen molar-refractivity contribution in [1.82, 2.24) is 4.98 Å². The maximum absolute atomic E-state index is 4.33. The second-order valence-electron chi connectivity index (χ2n) is 4.47. The first-order valence-corrected chi connectivity index (χ1v) is 7.34. The zero-order valence-electron chi connectivity index (χ0n) is 10.8. The van der Waals surface area contributed by atoms with Crippen molar-refractivity contribution in [1.29, 1.82) is 0 Å². The summed E-state index contributed by atoms with van der Waals surface area (Å²) in [4.78, 5) is 4.33. The van der Waals surface area contributed by atoms with Gasteiger partial charge in [0.25, 0.3) is 0 Å². The summed E-state index contributed by atoms with van der Waals surface area (Å²) in [5, 5.41) is 3.08. The Labute approximate surface area is 117 Å². The highest BCUT2D eigenvalue weighted by Gasteiger charge is 2.02. The van der Waals surface area contributed by atoms with Crippen LogP contribution in [-0.4, -0.2) is 4.98 Å². The van der Waals surface area contributed by atoms with Crippen LogP contribution in [0.3, 0.4) is 0 Å². The molecule has 1 aromatic heterocycles. The van der Waals surface area contributed by atoms with Gasteiger partial charge in [-0.2, -0.15) is 0 Å². The Hall–Kier alpha value is -1.93. The SMILES string of the molecule is CCc1ccc(-c2ccc(-c3nccs3)cc2)cc1. The summed E-state index contributed by atoms with van der Waals surface area (Å²) in [6, 6.07) is 17.4. The first-order chi connectivity index (χ1) is 9.36. The molecule has 19 heavy (non-hydrogen) atoms. The van der Waals surface area contributed by atoms with Crippen LogP contribution in [0.1, 0.15) is 12.5 Å². The summed E-state index contributed by atoms with van der Waals surface area (Å²) in [6.07, 6.45) is 2.93. The third-order valence-corrected chi connectivity index (χ3v) is 4.08. The lowest BCUT2D eigenvalue weighted by Gasteiger charge is -2.04. The van der Waals surface area contributed by atoms with E-state index in [9.17, 15) is 0 Å². The molecule has 0 aliphatic heterocycles. The summed E-state index contributed by atoms with van der Waals surface area (Å²) >= 11 is 1.67. The molecule has 0 bridgehead atoms. The normalized spacial score (nSPS) is 10.6. The van der Waals surface area contributed by atoms with Crippen LogP contribution in [-0.2, 0) is 6.42 Å². The molecule has 0 spiro atoms. The van der Waals surface area contributed by atoms with E-state index >= 15 is 0 Å². The Morgan fingerprint density at radius 1 is 0.842 bits per heavy atom. The van der Waals surface area contributed by atoms with Gasteiger partial charge < -0.3 is 0 Å². The molecule has 3 aromatic rings. The van der Waals surface area contributed by atoms with Gasteiger partial charge >= 0.3 is 0 Å². The Morgan fingerprint density at radius 2 is 1.42 bits per heavy atom. The van der Waals surface area contributed by atoms with Crippen LogP contribution >= 0.6 is 11.3 Å². The minimum absolute atomic E-state index is 1.08. The van der Waals surface area contributed by atoms with Crippen LogP contribution in [0, 0.1) is 0 Å². The maximum Gasteiger partial charge on any atom is 0.123 e. The number of nitrogens with zero attached hydrogens (tertiary/aromatic N) is 1. The van der Waals surface area contributed by atoms with Crippen LogP contribution in [0.15, 0.2) is 60.1 Å². The summed E-state index contributed by atoms with van der Waals surface area (Å²) in [5.41, 5.74) is 5.08. The Kier molecular flexibility index (Phi) is 3.43. The minimum Gasteiger partial charge on any atom is -0.245 e. The molecule has 0 N–H and O–H groups in total. The summed E-state index contributed by atoms with van der Waals surface area (Å²) in [7, 11) is 0. The molecule has 0 saturated heterocycles. The average molecular weight is 265 g/mol. The molecule has 0 amide bonds. The number of aromatic nitrogens is 1. The highest BCUT2D eigenvalue weighted by Crippen LogP contribution is 2.26. The fraction of sp³-hybridized carbons (Fsp3) is 0.118. The zero-order valence-corrected chi connectivity index (χ0v) is 11.7. The van der Waals surface area contributed by atoms with Gasteiger partial charge in [-0.3, -0.25) is 0 Å². The molecular weight excluding hydrogens is 250 g/mol. The number of hydrogen-bond acceptors (Lipinski definition) is 2. The summed E-state index contributed by atoms with van der Waals surface area (Å²) in [5.74, 6) is 0. The van der Waals surface area contributed by atoms with Gasteiger partial charge in [-0.25, -0.2) is 4.98 Å². The molecule has 3 rings (SSSR count). The third kappa shape index (κ3) is 2.59. The minimum atomic E-state index is 1.08. The molecule has 0 radical (unpaired) electrons. The van der Waals surface area contributed by atoms with Crippen molar-refractivity contribution in [3.8, 4) is 21.7 Å². The van der Waals surface area contributed by atoms with E-state index < -0.39 is 0 Å². The van der Waals surface area contributed by atoms with Crippen molar-refractivity contribution in [2.75, 3.05) is 0 Å². The van der Waals surface area contributed by atoms with Crippen molar-refractivity contribution in [2.45, 2.75) is 13.3 Å². The van der Waals surface area contributed by atoms with Crippen LogP contribution in [0.4, 0.5) is 0 Å². The zero-order chi connectivity index (χ0) is 13.1. The lowest BCUT2D eigenvalue weighted by atomic mass is 10.0. The molecule has 0 unspecified atom stereocenters. The van der Waals surface area contributed by atoms with E-state index in [2.05, 4.69) is 60.4 Å². The van der Waals surface area contributed by atoms with Crippen molar-refractivity contribution in [3.05, 3.63) is 65.7 Å². The summed E-state index contributed by atoms with van der Waals surface area (Å²) in [6.45, 7) is 2.18. The number of hydrogen-bond donors (Lipinski definition) is 0. The van der Waals surface area contributed by atoms with E-state index in [-0.39, 0.29) is 0 Å². The quantitative estimate of drug-likeness (QED) is 0.646. The van der Waals surface area contributed by atoms with Gasteiger partial charge in [0.2, 0.25) is 0 Å². The standard InChI is InChI=1S/C17H15NS/c1-2-13-3-5-14(6-4-13)15-7-9-16(10-8-15)17-18-11-12-19-17/h3-12H,2H2,1H3. The molecule has 0 atom stereocenters. The van der Waals surface area contributed by atoms with E-state index in [1.165, 1.54) is 22.3 Å². The summed E-state index contributed by atoms with van der Waals surface area (Å²) < 4.78 is 0. The molecule has 0 fully saturated rings. The fourth-order valence-electron chi connectivity index (χ4n) is 2.10. The maximum atomic E-state index is 4.33. The topological polar surface area (TPSA) is 12.9 Å². The van der Waals surface area contributed by atoms with E-state index in [4.69, 9.17) is 0 Å². The fourth-order valence-corrected chi connectivity index (χ4v) is 2.75. The average Bonchev–Trinajstić information content (AvgIpc) is 3.02. The van der Waals surface area contributed by atoms with Crippen LogP contribution in [0.25, 0.3) is 21.7 Å². The molecule has 2 heteroatoms. The smallest absolute Gasteiger partial charge is 0.123 e. The highest BCUT2D eigenvalue weighted by molar-refractivity contribution is 7.13. The van der Waals surface area contributed by atoms with Crippen LogP contribution in [0.2, 0.25) is 0 Å². The van der Waals surface area contributed by atoms with E-state index in [0.29, 0.717) is 0 Å². The number of rotatable bonds is 3. The van der Waals surface area contributed by atoms with Crippen molar-refractivity contribution in [3.63, 3.8) is 0 Å². The lowest BCUT2D eigenvalue weighted by molar-refractivity contribution is 1.14. The first-order valence-electron chi connectivity index (χ1n) is 6.46. The second-order valence-corrected chi connectivity index (χ2v) is 5.36. The molecule has 0 saturated carbocycles. The first kappa shape index (κ1) is 12.1. The van der Waals surface area contributed by atoms with Gasteiger partial charge in [-0.1, -0.05) is 55.5 Å². The van der Waals surface area contributed by atoms with Crippen molar-refractivity contribution in [2.24, 2.45) is 0 Å². The Bertz CT molecular complexity index is 637. The van der Waals surface area contributed by atoms with Gasteiger partial charge in [0.05, 0.1) is 0 Å². The predicted molar refractivity (Wildman–Crippen MR) is 82.4 cm³/mol. The molecule has 94 valence electrons. The number of thiazole rings is 1. The lowest BCUT2D eigenvalue weighted by Crippen LogP contribution is -1.82. The molecule has 1 nitrogen and oxygen atoms in total. The molecule has 2 aromatic carbocycles. The number of aryl methyl sites for hydroxylation is 1. The monoisotopic (exact) mass is 265 g/mol. The highest BCUT2D eigenvalue weighted by atomic mass is 32.1. The third-order valence-electron chi connectivity index (χ3n) is 3.26. The van der Waals surface area contributed by atoms with Gasteiger partial charge in [0.15, 0.2) is 0 Å². The van der Waals surface area contributed by atoms with Gasteiger partial charge in [-0.15, -0.1) is 11.3 Å². The second kappa shape index (κ2) is 5.37. The molecule has 0 aliphatic carbocycles. The van der Waals surface area contributed by atoms with Crippen molar-refractivity contribution >= 4 is 11.3 Å². The largest absolute Gasteiger partial charge is 0.245 e. The van der Waals surface area contributed by atoms with E-state index in [1.54, 1.807) is 11.3 Å². The molecular formula is C17H15NS. The van der Waals surface area contributed by atoms with Crippen LogP contribution < -0.4 is 0 Å². The Balaban J connectivity index is 1.89. The van der Waals surface area contributed by atoms with Gasteiger partial charge in [0, 0.05) is 17.1 Å².